The van der Waals surface area contributed by atoms with E-state index in [-0.39, 0.29) is 23.0 Å². The standard InChI is InChI=1S/C7H15N3OS2/c1-4(10-7(8)9)2-5(3-12)6(11)13/h4-5,12H,2-3H2,1H3,(H,11,13)(H4,8,9,10). The van der Waals surface area contributed by atoms with Gasteiger partial charge < -0.3 is 11.1 Å². The lowest BCUT2D eigenvalue weighted by atomic mass is 10.0. The highest BCUT2D eigenvalue weighted by atomic mass is 32.1. The van der Waals surface area contributed by atoms with Gasteiger partial charge in [-0.25, -0.2) is 0 Å². The van der Waals surface area contributed by atoms with Crippen molar-refractivity contribution in [3.63, 3.8) is 0 Å². The summed E-state index contributed by atoms with van der Waals surface area (Å²) in [6.07, 6.45) is 0.589. The predicted octanol–water partition coefficient (Wildman–Crippen LogP) is 0.250. The van der Waals surface area contributed by atoms with Crippen LogP contribution in [0.3, 0.4) is 0 Å². The molecule has 0 saturated carbocycles. The van der Waals surface area contributed by atoms with Crippen LogP contribution in [0.4, 0.5) is 0 Å². The molecule has 0 fully saturated rings. The van der Waals surface area contributed by atoms with Crippen molar-refractivity contribution < 1.29 is 4.79 Å². The molecule has 0 amide bonds. The minimum Gasteiger partial charge on any atom is -0.370 e. The number of nitrogens with two attached hydrogens (primary N) is 1. The minimum absolute atomic E-state index is 0.00856. The number of guanidine groups is 1. The van der Waals surface area contributed by atoms with E-state index in [1.807, 2.05) is 6.92 Å². The molecule has 0 aliphatic heterocycles. The first-order chi connectivity index (χ1) is 5.97. The number of hydrogen-bond acceptors (Lipinski definition) is 3. The van der Waals surface area contributed by atoms with Crippen LogP contribution in [0.15, 0.2) is 0 Å². The van der Waals surface area contributed by atoms with Crippen LogP contribution in [-0.4, -0.2) is 22.9 Å². The van der Waals surface area contributed by atoms with E-state index < -0.39 is 0 Å². The Morgan fingerprint density at radius 2 is 2.23 bits per heavy atom. The van der Waals surface area contributed by atoms with Crippen LogP contribution in [0.1, 0.15) is 13.3 Å². The van der Waals surface area contributed by atoms with E-state index in [4.69, 9.17) is 11.1 Å². The lowest BCUT2D eigenvalue weighted by Gasteiger charge is -2.17. The van der Waals surface area contributed by atoms with Gasteiger partial charge in [0.05, 0.1) is 0 Å². The van der Waals surface area contributed by atoms with Gasteiger partial charge in [-0.15, -0.1) is 12.6 Å². The van der Waals surface area contributed by atoms with E-state index >= 15 is 0 Å². The zero-order valence-electron chi connectivity index (χ0n) is 7.45. The van der Waals surface area contributed by atoms with Crippen LogP contribution < -0.4 is 11.1 Å². The van der Waals surface area contributed by atoms with Crippen molar-refractivity contribution in [3.05, 3.63) is 0 Å². The summed E-state index contributed by atoms with van der Waals surface area (Å²) in [7, 11) is 0. The molecule has 0 aromatic carbocycles. The average molecular weight is 221 g/mol. The predicted molar refractivity (Wildman–Crippen MR) is 60.5 cm³/mol. The second kappa shape index (κ2) is 6.15. The molecule has 0 heterocycles. The van der Waals surface area contributed by atoms with Crippen molar-refractivity contribution in [3.8, 4) is 0 Å². The van der Waals surface area contributed by atoms with Crippen LogP contribution >= 0.6 is 25.3 Å². The molecule has 4 N–H and O–H groups in total. The van der Waals surface area contributed by atoms with Gasteiger partial charge in [-0.05, 0) is 13.3 Å². The summed E-state index contributed by atoms with van der Waals surface area (Å²) in [5.74, 6) is 0.192. The van der Waals surface area contributed by atoms with Crippen molar-refractivity contribution in [1.82, 2.24) is 5.32 Å². The summed E-state index contributed by atoms with van der Waals surface area (Å²) in [5, 5.41) is 9.51. The molecule has 4 nitrogen and oxygen atoms in total. The Labute approximate surface area is 89.0 Å². The van der Waals surface area contributed by atoms with Crippen LogP contribution in [0.25, 0.3) is 0 Å². The minimum atomic E-state index is -0.187. The second-order valence-corrected chi connectivity index (χ2v) is 3.72. The first-order valence-electron chi connectivity index (χ1n) is 3.91. The number of carbonyl (C=O) groups is 1. The van der Waals surface area contributed by atoms with Gasteiger partial charge in [0.25, 0.3) is 0 Å². The van der Waals surface area contributed by atoms with E-state index in [1.165, 1.54) is 0 Å². The maximum atomic E-state index is 10.9. The number of rotatable bonds is 5. The Morgan fingerprint density at radius 1 is 1.69 bits per heavy atom. The molecule has 0 rings (SSSR count). The van der Waals surface area contributed by atoms with Gasteiger partial charge in [0.1, 0.15) is 0 Å². The SMILES string of the molecule is CC(CC(CS)C(=O)S)NC(=N)N. The Morgan fingerprint density at radius 3 is 2.54 bits per heavy atom. The largest absolute Gasteiger partial charge is 0.370 e. The van der Waals surface area contributed by atoms with Gasteiger partial charge in [0, 0.05) is 17.7 Å². The molecule has 0 aliphatic carbocycles. The fourth-order valence-electron chi connectivity index (χ4n) is 1.00. The van der Waals surface area contributed by atoms with Crippen molar-refractivity contribution in [2.75, 3.05) is 5.75 Å². The summed E-state index contributed by atoms with van der Waals surface area (Å²) in [6.45, 7) is 1.86. The highest BCUT2D eigenvalue weighted by molar-refractivity contribution is 7.96. The molecule has 6 heteroatoms. The van der Waals surface area contributed by atoms with E-state index in [2.05, 4.69) is 30.6 Å². The zero-order chi connectivity index (χ0) is 10.4. The van der Waals surface area contributed by atoms with Crippen LogP contribution in [0.2, 0.25) is 0 Å². The maximum absolute atomic E-state index is 10.9. The molecular weight excluding hydrogens is 206 g/mol. The number of carbonyl (C=O) groups excluding carboxylic acids is 1. The fraction of sp³-hybridized carbons (Fsp3) is 0.714. The first-order valence-corrected chi connectivity index (χ1v) is 4.99. The normalized spacial score (nSPS) is 14.7. The molecule has 13 heavy (non-hydrogen) atoms. The maximum Gasteiger partial charge on any atom is 0.189 e. The molecular formula is C7H15N3OS2. The molecule has 0 radical (unpaired) electrons. The van der Waals surface area contributed by atoms with E-state index in [1.54, 1.807) is 0 Å². The monoisotopic (exact) mass is 221 g/mol. The Hall–Kier alpha value is -0.360. The molecule has 0 saturated heterocycles. The van der Waals surface area contributed by atoms with Crippen molar-refractivity contribution >= 4 is 36.3 Å². The van der Waals surface area contributed by atoms with E-state index in [0.717, 1.165) is 0 Å². The van der Waals surface area contributed by atoms with Gasteiger partial charge in [-0.2, -0.15) is 12.6 Å². The van der Waals surface area contributed by atoms with Gasteiger partial charge in [0.2, 0.25) is 0 Å². The smallest absolute Gasteiger partial charge is 0.189 e. The molecule has 2 atom stereocenters. The summed E-state index contributed by atoms with van der Waals surface area (Å²) >= 11 is 7.78. The number of thiol groups is 2. The van der Waals surface area contributed by atoms with Gasteiger partial charge in [-0.3, -0.25) is 10.2 Å². The number of hydrogen-bond donors (Lipinski definition) is 5. The lowest BCUT2D eigenvalue weighted by Crippen LogP contribution is -2.39. The molecule has 0 aromatic rings. The lowest BCUT2D eigenvalue weighted by molar-refractivity contribution is -0.113. The van der Waals surface area contributed by atoms with Gasteiger partial charge in [0.15, 0.2) is 11.1 Å². The molecule has 2 unspecified atom stereocenters. The molecule has 0 bridgehead atoms. The van der Waals surface area contributed by atoms with Crippen LogP contribution in [-0.2, 0) is 4.79 Å². The van der Waals surface area contributed by atoms with Crippen LogP contribution in [0.5, 0.6) is 0 Å². The van der Waals surface area contributed by atoms with Gasteiger partial charge in [-0.1, -0.05) is 0 Å². The molecule has 0 aromatic heterocycles. The Balaban J connectivity index is 3.93. The third-order valence-electron chi connectivity index (χ3n) is 1.61. The van der Waals surface area contributed by atoms with E-state index in [9.17, 15) is 4.79 Å². The quantitative estimate of drug-likeness (QED) is 0.262. The summed E-state index contributed by atoms with van der Waals surface area (Å²) in [6, 6.07) is -0.00856. The Bertz CT molecular complexity index is 198. The summed E-state index contributed by atoms with van der Waals surface area (Å²) < 4.78 is 0. The summed E-state index contributed by atoms with van der Waals surface area (Å²) in [5.41, 5.74) is 5.14. The van der Waals surface area contributed by atoms with E-state index in [0.29, 0.717) is 12.2 Å². The summed E-state index contributed by atoms with van der Waals surface area (Å²) in [4.78, 5) is 10.9. The third kappa shape index (κ3) is 5.81. The number of nitrogens with one attached hydrogen (secondary N) is 2. The topological polar surface area (TPSA) is 79.0 Å². The zero-order valence-corrected chi connectivity index (χ0v) is 9.24. The fourth-order valence-corrected chi connectivity index (χ4v) is 1.66. The van der Waals surface area contributed by atoms with Crippen molar-refractivity contribution in [1.29, 1.82) is 5.41 Å². The highest BCUT2D eigenvalue weighted by Gasteiger charge is 2.16. The first kappa shape index (κ1) is 12.6. The molecule has 0 spiro atoms. The third-order valence-corrected chi connectivity index (χ3v) is 2.42. The van der Waals surface area contributed by atoms with Crippen molar-refractivity contribution in [2.24, 2.45) is 11.7 Å². The second-order valence-electron chi connectivity index (χ2n) is 2.91. The highest BCUT2D eigenvalue weighted by Crippen LogP contribution is 2.11. The average Bonchev–Trinajstić information content (AvgIpc) is 1.98. The Kier molecular flexibility index (Phi) is 5.98. The molecule has 76 valence electrons. The van der Waals surface area contributed by atoms with Crippen molar-refractivity contribution in [2.45, 2.75) is 19.4 Å². The van der Waals surface area contributed by atoms with Crippen LogP contribution in [0, 0.1) is 11.3 Å². The van der Waals surface area contributed by atoms with Gasteiger partial charge >= 0.3 is 0 Å². The molecule has 0 aliphatic rings.